The van der Waals surface area contributed by atoms with Crippen LogP contribution in [-0.2, 0) is 41.5 Å². The van der Waals surface area contributed by atoms with Crippen LogP contribution < -0.4 is 47.1 Å². The lowest BCUT2D eigenvalue weighted by Crippen LogP contribution is -2.55. The normalized spacial score (nSPS) is 20.4. The fourth-order valence-electron chi connectivity index (χ4n) is 10.5. The van der Waals surface area contributed by atoms with E-state index in [2.05, 4.69) is 71.5 Å². The first-order valence-electron chi connectivity index (χ1n) is 30.3. The second-order valence-corrected chi connectivity index (χ2v) is 23.5. The van der Waals surface area contributed by atoms with Crippen LogP contribution >= 0.6 is 11.8 Å². The summed E-state index contributed by atoms with van der Waals surface area (Å²) in [6.45, 7) is 13.7. The van der Waals surface area contributed by atoms with Crippen molar-refractivity contribution in [1.82, 2.24) is 62.0 Å². The van der Waals surface area contributed by atoms with E-state index in [9.17, 15) is 23.9 Å². The molecule has 0 saturated carbocycles. The number of aliphatic hydroxyl groups excluding tert-OH is 1. The van der Waals surface area contributed by atoms with Crippen molar-refractivity contribution in [3.8, 4) is 11.5 Å². The molecule has 85 heavy (non-hydrogen) atoms. The number of hydrazine groups is 3. The van der Waals surface area contributed by atoms with Crippen molar-refractivity contribution in [2.75, 3.05) is 171 Å². The summed E-state index contributed by atoms with van der Waals surface area (Å²) in [5.74, 6) is 1.54. The first-order valence-corrected chi connectivity index (χ1v) is 31.4. The summed E-state index contributed by atoms with van der Waals surface area (Å²) in [5.41, 5.74) is 12.1. The molecule has 8 N–H and O–H groups in total. The van der Waals surface area contributed by atoms with Gasteiger partial charge in [-0.05, 0) is 112 Å². The number of rotatable bonds is 39. The largest absolute Gasteiger partial charge is 0.494 e. The predicted octanol–water partition coefficient (Wildman–Crippen LogP) is 2.74. The number of likely N-dealkylation sites (N-methyl/N-ethyl adjacent to an activating group) is 2. The van der Waals surface area contributed by atoms with Crippen molar-refractivity contribution in [2.24, 2.45) is 5.92 Å². The Bertz CT molecular complexity index is 2370. The van der Waals surface area contributed by atoms with Gasteiger partial charge in [-0.2, -0.15) is 5.53 Å². The van der Waals surface area contributed by atoms with Gasteiger partial charge in [0.2, 0.25) is 11.8 Å². The Labute approximate surface area is 506 Å². The number of carbonyl (C=O) groups excluding carboxylic acids is 3. The number of hydrogen-bond donors (Lipinski definition) is 8. The van der Waals surface area contributed by atoms with Crippen molar-refractivity contribution in [2.45, 2.75) is 81.3 Å². The lowest BCUT2D eigenvalue weighted by atomic mass is 9.96. The van der Waals surface area contributed by atoms with Crippen LogP contribution in [0.25, 0.3) is 0 Å². The zero-order valence-corrected chi connectivity index (χ0v) is 51.3. The molecule has 4 saturated heterocycles. The van der Waals surface area contributed by atoms with Gasteiger partial charge in [0.05, 0.1) is 39.6 Å². The molecule has 3 aromatic rings. The third-order valence-corrected chi connectivity index (χ3v) is 16.7. The van der Waals surface area contributed by atoms with E-state index >= 15 is 0 Å². The van der Waals surface area contributed by atoms with Gasteiger partial charge in [0, 0.05) is 142 Å². The standard InChI is InChI=1S/C60H96FN13O10S/c1-69(23-5-6-32-83-53-17-10-46(11-18-53)12-21-55(75)74(24-7-31-79-4)57(48-42-63-71(3)43-48)58(77)62-41-47-8-13-49(61)14-9-47)29-34-81-37-36-80-33-22-51-44-73(68-67-51)30-35-82-38-39-84-54-19-15-50(16-20-54)64-59(78)66-60-65-52(45-85-60)40-56(76)72-27-25-70(2)26-28-72/h8-11,13-20,48,51-52,56-57,60,63,65,67-68,76H,5-7,12,21-45H2,1-4H3,(H,62,77)(H2,64,66,78). The number of methoxy groups -OCH3 is 1. The highest BCUT2D eigenvalue weighted by atomic mass is 32.2. The number of ether oxygens (including phenoxy) is 6. The van der Waals surface area contributed by atoms with Gasteiger partial charge in [-0.15, -0.1) is 11.8 Å². The Hall–Kier alpha value is -4.81. The van der Waals surface area contributed by atoms with Gasteiger partial charge >= 0.3 is 6.03 Å². The van der Waals surface area contributed by atoms with Crippen molar-refractivity contribution in [3.63, 3.8) is 0 Å². The maximum Gasteiger partial charge on any atom is 0.321 e. The molecule has 25 heteroatoms. The highest BCUT2D eigenvalue weighted by Gasteiger charge is 2.39. The smallest absolute Gasteiger partial charge is 0.321 e. The van der Waals surface area contributed by atoms with E-state index in [-0.39, 0.29) is 60.1 Å². The molecule has 0 radical (unpaired) electrons. The molecule has 474 valence electrons. The van der Waals surface area contributed by atoms with Gasteiger partial charge in [-0.25, -0.2) is 24.6 Å². The lowest BCUT2D eigenvalue weighted by molar-refractivity contribution is -0.142. The maximum absolute atomic E-state index is 14.0. The molecule has 0 aliphatic carbocycles. The molecule has 7 rings (SSSR count). The highest BCUT2D eigenvalue weighted by molar-refractivity contribution is 8.00. The summed E-state index contributed by atoms with van der Waals surface area (Å²) < 4.78 is 48.3. The number of nitrogens with zero attached hydrogens (tertiary/aromatic N) is 6. The van der Waals surface area contributed by atoms with Gasteiger partial charge in [-0.3, -0.25) is 25.2 Å². The molecule has 4 amide bonds. The predicted molar refractivity (Wildman–Crippen MR) is 327 cm³/mol. The van der Waals surface area contributed by atoms with Gasteiger partial charge in [0.1, 0.15) is 41.7 Å². The number of unbranched alkanes of at least 4 members (excludes halogenated alkanes) is 1. The molecule has 0 bridgehead atoms. The second-order valence-electron chi connectivity index (χ2n) is 22.4. The Morgan fingerprint density at radius 2 is 1.48 bits per heavy atom. The van der Waals surface area contributed by atoms with E-state index in [0.29, 0.717) is 110 Å². The monoisotopic (exact) mass is 1210 g/mol. The SMILES string of the molecule is COCCCN(C(=O)CCc1ccc(OCCCCN(C)CCOCCOCCC2CN(CCOCCOc3ccc(NC(=O)NC4NC(CC(O)N5CCN(C)CC5)CS4)cc3)NN2)cc1)C(C(=O)NCc1ccc(F)cc1)C1CNN(C)C1. The molecule has 6 atom stereocenters. The topological polar surface area (TPSA) is 230 Å². The molecule has 0 aromatic heterocycles. The maximum atomic E-state index is 14.0. The third kappa shape index (κ3) is 25.1. The highest BCUT2D eigenvalue weighted by Crippen LogP contribution is 2.24. The van der Waals surface area contributed by atoms with Crippen LogP contribution in [0.1, 0.15) is 49.7 Å². The van der Waals surface area contributed by atoms with E-state index in [1.165, 1.54) is 12.1 Å². The fourth-order valence-corrected chi connectivity index (χ4v) is 11.6. The Morgan fingerprint density at radius 3 is 2.22 bits per heavy atom. The quantitative estimate of drug-likeness (QED) is 0.0384. The molecule has 4 fully saturated rings. The number of nitrogens with one attached hydrogen (secondary N) is 7. The number of aryl methyl sites for hydroxylation is 1. The Kier molecular flexibility index (Phi) is 30.1. The molecule has 3 aromatic carbocycles. The second kappa shape index (κ2) is 37.8. The minimum atomic E-state index is -0.678. The minimum Gasteiger partial charge on any atom is -0.494 e. The summed E-state index contributed by atoms with van der Waals surface area (Å²) in [6.07, 6.45) is 4.31. The summed E-state index contributed by atoms with van der Waals surface area (Å²) in [4.78, 5) is 48.9. The van der Waals surface area contributed by atoms with Crippen molar-refractivity contribution >= 4 is 35.3 Å². The van der Waals surface area contributed by atoms with Crippen molar-refractivity contribution < 1.29 is 52.3 Å². The van der Waals surface area contributed by atoms with E-state index in [0.717, 1.165) is 94.2 Å². The average Bonchev–Trinajstić information content (AvgIpc) is 4.43. The summed E-state index contributed by atoms with van der Waals surface area (Å²) in [7, 11) is 7.76. The fraction of sp³-hybridized carbons (Fsp3) is 0.650. The number of urea groups is 1. The zero-order chi connectivity index (χ0) is 60.0. The third-order valence-electron chi connectivity index (χ3n) is 15.5. The van der Waals surface area contributed by atoms with Crippen LogP contribution in [0.15, 0.2) is 72.8 Å². The number of hydrogen-bond acceptors (Lipinski definition) is 20. The molecule has 4 aliphatic heterocycles. The zero-order valence-electron chi connectivity index (χ0n) is 50.5. The molecule has 23 nitrogen and oxygen atoms in total. The van der Waals surface area contributed by atoms with E-state index in [1.807, 2.05) is 60.6 Å². The Morgan fingerprint density at radius 1 is 0.776 bits per heavy atom. The number of halogens is 1. The average molecular weight is 1210 g/mol. The lowest BCUT2D eigenvalue weighted by Gasteiger charge is -2.36. The number of piperazine rings is 1. The summed E-state index contributed by atoms with van der Waals surface area (Å²) in [6, 6.07) is 20.6. The molecule has 4 heterocycles. The first-order chi connectivity index (χ1) is 41.4. The van der Waals surface area contributed by atoms with Gasteiger partial charge in [0.25, 0.3) is 0 Å². The minimum absolute atomic E-state index is 0.0880. The number of carbonyl (C=O) groups is 3. The van der Waals surface area contributed by atoms with Crippen LogP contribution in [0.3, 0.4) is 0 Å². The van der Waals surface area contributed by atoms with Gasteiger partial charge < -0.3 is 64.2 Å². The van der Waals surface area contributed by atoms with Crippen LogP contribution in [0.2, 0.25) is 0 Å². The van der Waals surface area contributed by atoms with E-state index in [1.54, 1.807) is 35.9 Å². The van der Waals surface area contributed by atoms with E-state index < -0.39 is 12.3 Å². The molecule has 4 aliphatic rings. The van der Waals surface area contributed by atoms with Crippen molar-refractivity contribution in [3.05, 3.63) is 89.7 Å². The van der Waals surface area contributed by atoms with Crippen LogP contribution in [0, 0.1) is 11.7 Å². The number of anilines is 1. The first kappa shape index (κ1) is 67.7. The molecular weight excluding hydrogens is 1110 g/mol. The number of benzene rings is 3. The van der Waals surface area contributed by atoms with Crippen LogP contribution in [0.4, 0.5) is 14.9 Å². The van der Waals surface area contributed by atoms with Crippen LogP contribution in [-0.4, -0.2) is 248 Å². The van der Waals surface area contributed by atoms with Crippen LogP contribution in [0.5, 0.6) is 11.5 Å². The van der Waals surface area contributed by atoms with Crippen molar-refractivity contribution in [1.29, 1.82) is 0 Å². The molecule has 6 unspecified atom stereocenters. The van der Waals surface area contributed by atoms with Gasteiger partial charge in [-0.1, -0.05) is 24.3 Å². The molecule has 0 spiro atoms. The molecular formula is C60H96FN13O10S. The summed E-state index contributed by atoms with van der Waals surface area (Å²) >= 11 is 1.63. The number of thioether (sulfide) groups is 1. The van der Waals surface area contributed by atoms with Gasteiger partial charge in [0.15, 0.2) is 0 Å². The Balaban J connectivity index is 0.646. The number of aliphatic hydroxyl groups is 1. The van der Waals surface area contributed by atoms with E-state index in [4.69, 9.17) is 28.4 Å². The summed E-state index contributed by atoms with van der Waals surface area (Å²) in [5, 5.41) is 27.0. The number of amides is 4.